The Morgan fingerprint density at radius 1 is 1.18 bits per heavy atom. The number of benzene rings is 1. The van der Waals surface area contributed by atoms with Crippen molar-refractivity contribution in [3.63, 3.8) is 0 Å². The molecule has 5 heteroatoms. The van der Waals surface area contributed by atoms with E-state index in [1.54, 1.807) is 0 Å². The van der Waals surface area contributed by atoms with Crippen molar-refractivity contribution in [2.45, 2.75) is 6.42 Å². The van der Waals surface area contributed by atoms with Gasteiger partial charge in [0.1, 0.15) is 11.5 Å². The molecule has 2 aromatic rings. The highest BCUT2D eigenvalue weighted by Crippen LogP contribution is 2.27. The van der Waals surface area contributed by atoms with E-state index in [-0.39, 0.29) is 0 Å². The molecule has 0 aliphatic carbocycles. The Morgan fingerprint density at radius 2 is 2.09 bits per heavy atom. The number of aromatic nitrogens is 2. The normalized spacial score (nSPS) is 19.6. The van der Waals surface area contributed by atoms with Crippen LogP contribution in [0.3, 0.4) is 0 Å². The number of nitrogens with zero attached hydrogens (tertiary/aromatic N) is 2. The van der Waals surface area contributed by atoms with E-state index in [9.17, 15) is 0 Å². The summed E-state index contributed by atoms with van der Waals surface area (Å²) in [5.41, 5.74) is 2.14. The van der Waals surface area contributed by atoms with Crippen LogP contribution in [0.1, 0.15) is 12.0 Å². The Morgan fingerprint density at radius 3 is 3.00 bits per heavy atom. The fraction of sp³-hybridized carbons (Fsp3) is 0.353. The largest absolute Gasteiger partial charge is 0.460 e. The molecule has 0 bridgehead atoms. The second-order valence-electron chi connectivity index (χ2n) is 5.64. The number of fused-ring (bicyclic) bond motifs is 1. The summed E-state index contributed by atoms with van der Waals surface area (Å²) in [5, 5.41) is 8.14. The molecule has 22 heavy (non-hydrogen) atoms. The molecule has 1 N–H and O–H groups in total. The van der Waals surface area contributed by atoms with Crippen LogP contribution < -0.4 is 0 Å². The van der Waals surface area contributed by atoms with Gasteiger partial charge < -0.3 is 9.47 Å². The van der Waals surface area contributed by atoms with Crippen LogP contribution in [0.4, 0.5) is 0 Å². The minimum Gasteiger partial charge on any atom is -0.460 e. The van der Waals surface area contributed by atoms with E-state index in [1.807, 2.05) is 12.3 Å². The number of rotatable bonds is 3. The van der Waals surface area contributed by atoms with Gasteiger partial charge >= 0.3 is 0 Å². The van der Waals surface area contributed by atoms with Crippen LogP contribution >= 0.6 is 0 Å². The van der Waals surface area contributed by atoms with Crippen molar-refractivity contribution in [3.05, 3.63) is 47.9 Å². The van der Waals surface area contributed by atoms with Crippen LogP contribution in [-0.2, 0) is 9.47 Å². The van der Waals surface area contributed by atoms with E-state index in [1.165, 1.54) is 0 Å². The fourth-order valence-electron chi connectivity index (χ4n) is 2.87. The van der Waals surface area contributed by atoms with Crippen LogP contribution in [-0.4, -0.2) is 47.9 Å². The zero-order chi connectivity index (χ0) is 14.8. The highest BCUT2D eigenvalue weighted by molar-refractivity contribution is 5.82. The standard InChI is InChI=1S/C17H19N3O2/c1-2-15(12-20-6-8-21-9-7-20)22-17(3-1)13-4-5-16-14(10-13)11-18-19-16/h2-5,10-11H,1,6-9,12H2,(H,18,19). The Bertz CT molecular complexity index is 726. The molecule has 1 aromatic carbocycles. The smallest absolute Gasteiger partial charge is 0.130 e. The highest BCUT2D eigenvalue weighted by Gasteiger charge is 2.16. The molecule has 3 heterocycles. The number of aromatic amines is 1. The molecule has 1 fully saturated rings. The molecule has 5 nitrogen and oxygen atoms in total. The molecule has 0 radical (unpaired) electrons. The molecule has 0 amide bonds. The lowest BCUT2D eigenvalue weighted by Gasteiger charge is -2.28. The summed E-state index contributed by atoms with van der Waals surface area (Å²) in [7, 11) is 0. The highest BCUT2D eigenvalue weighted by atomic mass is 16.5. The van der Waals surface area contributed by atoms with E-state index in [4.69, 9.17) is 9.47 Å². The predicted octanol–water partition coefficient (Wildman–Crippen LogP) is 2.54. The molecule has 114 valence electrons. The lowest BCUT2D eigenvalue weighted by molar-refractivity contribution is 0.0377. The quantitative estimate of drug-likeness (QED) is 0.946. The average Bonchev–Trinajstić information content (AvgIpc) is 3.04. The number of hydrogen-bond donors (Lipinski definition) is 1. The van der Waals surface area contributed by atoms with Gasteiger partial charge in [-0.1, -0.05) is 0 Å². The molecule has 0 saturated carbocycles. The second-order valence-corrected chi connectivity index (χ2v) is 5.64. The van der Waals surface area contributed by atoms with Gasteiger partial charge in [-0.3, -0.25) is 10.00 Å². The summed E-state index contributed by atoms with van der Waals surface area (Å²) in [6.07, 6.45) is 7.05. The number of hydrogen-bond acceptors (Lipinski definition) is 4. The first-order chi connectivity index (χ1) is 10.9. The lowest BCUT2D eigenvalue weighted by Crippen LogP contribution is -2.37. The number of ether oxygens (including phenoxy) is 2. The van der Waals surface area contributed by atoms with Crippen molar-refractivity contribution >= 4 is 16.7 Å². The van der Waals surface area contributed by atoms with Crippen LogP contribution in [0.5, 0.6) is 0 Å². The summed E-state index contributed by atoms with van der Waals surface area (Å²) in [4.78, 5) is 2.37. The van der Waals surface area contributed by atoms with Crippen molar-refractivity contribution in [2.24, 2.45) is 0 Å². The summed E-state index contributed by atoms with van der Waals surface area (Å²) in [6, 6.07) is 6.23. The zero-order valence-corrected chi connectivity index (χ0v) is 12.4. The summed E-state index contributed by atoms with van der Waals surface area (Å²) in [5.74, 6) is 1.97. The minimum absolute atomic E-state index is 0.813. The number of H-pyrrole nitrogens is 1. The number of nitrogens with one attached hydrogen (secondary N) is 1. The van der Waals surface area contributed by atoms with Gasteiger partial charge in [0.2, 0.25) is 0 Å². The first-order valence-corrected chi connectivity index (χ1v) is 7.69. The van der Waals surface area contributed by atoms with Crippen molar-refractivity contribution in [1.82, 2.24) is 15.1 Å². The van der Waals surface area contributed by atoms with Crippen LogP contribution in [0, 0.1) is 0 Å². The maximum atomic E-state index is 6.11. The van der Waals surface area contributed by atoms with Crippen molar-refractivity contribution in [2.75, 3.05) is 32.8 Å². The molecule has 0 atom stereocenters. The third-order valence-electron chi connectivity index (χ3n) is 4.10. The summed E-state index contributed by atoms with van der Waals surface area (Å²) < 4.78 is 11.5. The topological polar surface area (TPSA) is 50.4 Å². The lowest BCUT2D eigenvalue weighted by atomic mass is 10.1. The van der Waals surface area contributed by atoms with Gasteiger partial charge in [0, 0.05) is 24.0 Å². The van der Waals surface area contributed by atoms with Crippen LogP contribution in [0.2, 0.25) is 0 Å². The van der Waals surface area contributed by atoms with E-state index in [0.29, 0.717) is 0 Å². The Balaban J connectivity index is 1.47. The SMILES string of the molecule is C1=C(CN2CCOCC2)OC(c2ccc3[nH]ncc3c2)=CC1. The van der Waals surface area contributed by atoms with Gasteiger partial charge in [0.25, 0.3) is 0 Å². The number of allylic oxidation sites excluding steroid dienone is 2. The van der Waals surface area contributed by atoms with Crippen LogP contribution in [0.15, 0.2) is 42.3 Å². The first kappa shape index (κ1) is 13.5. The molecule has 4 rings (SSSR count). The van der Waals surface area contributed by atoms with Crippen molar-refractivity contribution in [1.29, 1.82) is 0 Å². The van der Waals surface area contributed by atoms with Crippen molar-refractivity contribution < 1.29 is 9.47 Å². The van der Waals surface area contributed by atoms with E-state index in [2.05, 4.69) is 39.4 Å². The van der Waals surface area contributed by atoms with Crippen LogP contribution in [0.25, 0.3) is 16.7 Å². The molecule has 0 unspecified atom stereocenters. The summed E-state index contributed by atoms with van der Waals surface area (Å²) >= 11 is 0. The Kier molecular flexibility index (Phi) is 3.66. The first-order valence-electron chi connectivity index (χ1n) is 7.69. The summed E-state index contributed by atoms with van der Waals surface area (Å²) in [6.45, 7) is 4.43. The molecule has 1 saturated heterocycles. The molecule has 1 aromatic heterocycles. The predicted molar refractivity (Wildman–Crippen MR) is 85.1 cm³/mol. The molecular formula is C17H19N3O2. The van der Waals surface area contributed by atoms with Gasteiger partial charge in [-0.05, 0) is 36.8 Å². The van der Waals surface area contributed by atoms with E-state index >= 15 is 0 Å². The molecular weight excluding hydrogens is 278 g/mol. The third kappa shape index (κ3) is 2.77. The van der Waals surface area contributed by atoms with Gasteiger partial charge in [-0.25, -0.2) is 0 Å². The molecule has 0 spiro atoms. The van der Waals surface area contributed by atoms with Gasteiger partial charge in [0.15, 0.2) is 0 Å². The Hall–Kier alpha value is -2.11. The maximum absolute atomic E-state index is 6.11. The second kappa shape index (κ2) is 5.94. The van der Waals surface area contributed by atoms with Gasteiger partial charge in [-0.15, -0.1) is 0 Å². The average molecular weight is 297 g/mol. The maximum Gasteiger partial charge on any atom is 0.130 e. The molecule has 2 aliphatic rings. The monoisotopic (exact) mass is 297 g/mol. The van der Waals surface area contributed by atoms with Gasteiger partial charge in [0.05, 0.1) is 31.5 Å². The fourth-order valence-corrected chi connectivity index (χ4v) is 2.87. The molecule has 2 aliphatic heterocycles. The van der Waals surface area contributed by atoms with Gasteiger partial charge in [-0.2, -0.15) is 5.10 Å². The van der Waals surface area contributed by atoms with Crippen molar-refractivity contribution in [3.8, 4) is 0 Å². The Labute approximate surface area is 129 Å². The van der Waals surface area contributed by atoms with E-state index < -0.39 is 0 Å². The van der Waals surface area contributed by atoms with E-state index in [0.717, 1.165) is 67.3 Å². The third-order valence-corrected chi connectivity index (χ3v) is 4.10. The number of morpholine rings is 1. The minimum atomic E-state index is 0.813. The zero-order valence-electron chi connectivity index (χ0n) is 12.4.